The molecule has 0 atom stereocenters. The first-order valence-electron chi connectivity index (χ1n) is 4.90. The van der Waals surface area contributed by atoms with E-state index >= 15 is 0 Å². The molecule has 0 bridgehead atoms. The lowest BCUT2D eigenvalue weighted by Crippen LogP contribution is -1.96. The number of allylic oxidation sites excluding steroid dienone is 7. The standard InChI is InChI=1S/C13F4N4/c14-8-1-9(15)11(7(4-20)5-21)13(17)12(16)10(8)6(2-18)3-19. The third kappa shape index (κ3) is 2.57. The predicted molar refractivity (Wildman–Crippen MR) is 58.5 cm³/mol. The predicted octanol–water partition coefficient (Wildman–Crippen LogP) is 3.14. The molecule has 0 amide bonds. The van der Waals surface area contributed by atoms with E-state index in [2.05, 4.69) is 0 Å². The molecule has 0 aromatic heterocycles. The van der Waals surface area contributed by atoms with E-state index in [0.29, 0.717) is 0 Å². The van der Waals surface area contributed by atoms with Crippen molar-refractivity contribution in [1.29, 1.82) is 21.0 Å². The largest absolute Gasteiger partial charge is 0.203 e. The summed E-state index contributed by atoms with van der Waals surface area (Å²) in [4.78, 5) is 0. The van der Waals surface area contributed by atoms with E-state index in [9.17, 15) is 17.6 Å². The minimum atomic E-state index is -2.08. The highest BCUT2D eigenvalue weighted by Gasteiger charge is 2.30. The summed E-state index contributed by atoms with van der Waals surface area (Å²) in [6.45, 7) is 0. The highest BCUT2D eigenvalue weighted by atomic mass is 19.2. The first-order chi connectivity index (χ1) is 9.92. The van der Waals surface area contributed by atoms with Gasteiger partial charge in [0.2, 0.25) is 0 Å². The highest BCUT2D eigenvalue weighted by Crippen LogP contribution is 2.37. The Balaban J connectivity index is 4.06. The average Bonchev–Trinajstić information content (AvgIpc) is 2.54. The van der Waals surface area contributed by atoms with E-state index < -0.39 is 45.6 Å². The van der Waals surface area contributed by atoms with Crippen LogP contribution < -0.4 is 0 Å². The van der Waals surface area contributed by atoms with E-state index in [1.165, 1.54) is 5.73 Å². The minimum Gasteiger partial charge on any atom is -0.203 e. The van der Waals surface area contributed by atoms with Crippen LogP contribution in [0.25, 0.3) is 0 Å². The van der Waals surface area contributed by atoms with Crippen LogP contribution in [0.2, 0.25) is 0 Å². The lowest BCUT2D eigenvalue weighted by atomic mass is 10.0. The summed E-state index contributed by atoms with van der Waals surface area (Å²) in [6, 6.07) is 4.47. The molecule has 0 aromatic carbocycles. The van der Waals surface area contributed by atoms with E-state index in [4.69, 9.17) is 21.0 Å². The van der Waals surface area contributed by atoms with Crippen LogP contribution in [0.15, 0.2) is 51.3 Å². The Morgan fingerprint density at radius 2 is 0.952 bits per heavy atom. The second-order valence-corrected chi connectivity index (χ2v) is 3.33. The van der Waals surface area contributed by atoms with Crippen molar-refractivity contribution in [1.82, 2.24) is 0 Å². The molecule has 1 aliphatic carbocycles. The summed E-state index contributed by atoms with van der Waals surface area (Å²) in [5.74, 6) is -7.85. The Bertz CT molecular complexity index is 754. The molecule has 0 aromatic rings. The molecular formula is C13F4N4. The van der Waals surface area contributed by atoms with Gasteiger partial charge in [-0.15, -0.1) is 0 Å². The van der Waals surface area contributed by atoms with Crippen molar-refractivity contribution >= 4 is 0 Å². The second-order valence-electron chi connectivity index (χ2n) is 3.33. The molecule has 0 aliphatic heterocycles. The molecule has 0 spiro atoms. The van der Waals surface area contributed by atoms with Crippen molar-refractivity contribution in [3.63, 3.8) is 0 Å². The van der Waals surface area contributed by atoms with Crippen LogP contribution in [0, 0.1) is 45.3 Å². The summed E-state index contributed by atoms with van der Waals surface area (Å²) in [7, 11) is 0. The Morgan fingerprint density at radius 1 is 0.667 bits per heavy atom. The Hall–Kier alpha value is -3.58. The van der Waals surface area contributed by atoms with Gasteiger partial charge in [0, 0.05) is 0 Å². The number of halogens is 4. The molecule has 0 radical (unpaired) electrons. The fraction of sp³-hybridized carbons (Fsp3) is 0. The zero-order valence-electron chi connectivity index (χ0n) is 9.80. The van der Waals surface area contributed by atoms with Gasteiger partial charge in [0.05, 0.1) is 11.1 Å². The van der Waals surface area contributed by atoms with Crippen LogP contribution >= 0.6 is 0 Å². The second kappa shape index (κ2) is 6.04. The Labute approximate surface area is 115 Å². The van der Waals surface area contributed by atoms with Gasteiger partial charge in [0.15, 0.2) is 23.3 Å². The summed E-state index contributed by atoms with van der Waals surface area (Å²) in [5.41, 5.74) is -3.92. The monoisotopic (exact) mass is 288 g/mol. The molecule has 4 nitrogen and oxygen atoms in total. The number of hydrogen-bond acceptors (Lipinski definition) is 4. The number of nitriles is 4. The quantitative estimate of drug-likeness (QED) is 0.388. The zero-order valence-corrected chi connectivity index (χ0v) is 9.80. The van der Waals surface area contributed by atoms with Gasteiger partial charge < -0.3 is 0 Å². The third-order valence-corrected chi connectivity index (χ3v) is 2.24. The smallest absolute Gasteiger partial charge is 0.180 e. The van der Waals surface area contributed by atoms with Gasteiger partial charge in [0.1, 0.15) is 35.4 Å². The highest BCUT2D eigenvalue weighted by molar-refractivity contribution is 5.63. The molecule has 1 rings (SSSR count). The van der Waals surface area contributed by atoms with Gasteiger partial charge in [-0.05, 0) is 5.73 Å². The van der Waals surface area contributed by atoms with Crippen molar-refractivity contribution in [3.8, 4) is 24.3 Å². The number of rotatable bonds is 0. The summed E-state index contributed by atoms with van der Waals surface area (Å²) >= 11 is 0. The molecule has 0 heterocycles. The Morgan fingerprint density at radius 3 is 1.19 bits per heavy atom. The minimum absolute atomic E-state index is 1.12. The fourth-order valence-electron chi connectivity index (χ4n) is 1.35. The van der Waals surface area contributed by atoms with Crippen LogP contribution in [0.1, 0.15) is 0 Å². The fourth-order valence-corrected chi connectivity index (χ4v) is 1.35. The van der Waals surface area contributed by atoms with Gasteiger partial charge in [0.25, 0.3) is 0 Å². The lowest BCUT2D eigenvalue weighted by Gasteiger charge is -2.02. The summed E-state index contributed by atoms with van der Waals surface area (Å²) in [6.07, 6.45) is 0. The molecule has 0 unspecified atom stereocenters. The van der Waals surface area contributed by atoms with Gasteiger partial charge in [-0.2, -0.15) is 29.8 Å². The van der Waals surface area contributed by atoms with Gasteiger partial charge >= 0.3 is 0 Å². The molecular weight excluding hydrogens is 288 g/mol. The van der Waals surface area contributed by atoms with Crippen molar-refractivity contribution in [2.24, 2.45) is 0 Å². The zero-order chi connectivity index (χ0) is 16.2. The normalized spacial score (nSPS) is 13.9. The van der Waals surface area contributed by atoms with Crippen LogP contribution in [-0.4, -0.2) is 0 Å². The summed E-state index contributed by atoms with van der Waals surface area (Å²) in [5, 5.41) is 34.2. The maximum Gasteiger partial charge on any atom is 0.180 e. The van der Waals surface area contributed by atoms with Crippen molar-refractivity contribution < 1.29 is 17.6 Å². The molecule has 0 saturated carbocycles. The van der Waals surface area contributed by atoms with Crippen molar-refractivity contribution in [2.75, 3.05) is 0 Å². The first-order valence-corrected chi connectivity index (χ1v) is 4.90. The number of hydrogen-bond donors (Lipinski definition) is 0. The topological polar surface area (TPSA) is 95.2 Å². The Kier molecular flexibility index (Phi) is 4.45. The molecule has 0 saturated heterocycles. The molecule has 0 fully saturated rings. The van der Waals surface area contributed by atoms with E-state index in [0.717, 1.165) is 24.3 Å². The maximum absolute atomic E-state index is 13.8. The maximum atomic E-state index is 13.8. The van der Waals surface area contributed by atoms with E-state index in [-0.39, 0.29) is 0 Å². The molecule has 21 heavy (non-hydrogen) atoms. The molecule has 1 aliphatic rings. The first kappa shape index (κ1) is 15.5. The van der Waals surface area contributed by atoms with E-state index in [1.54, 1.807) is 0 Å². The van der Waals surface area contributed by atoms with Gasteiger partial charge in [-0.3, -0.25) is 0 Å². The van der Waals surface area contributed by atoms with Crippen LogP contribution in [0.5, 0.6) is 0 Å². The summed E-state index contributed by atoms with van der Waals surface area (Å²) < 4.78 is 54.9. The van der Waals surface area contributed by atoms with Crippen LogP contribution in [0.4, 0.5) is 17.6 Å². The van der Waals surface area contributed by atoms with Crippen LogP contribution in [-0.2, 0) is 0 Å². The molecule has 0 N–H and O–H groups in total. The lowest BCUT2D eigenvalue weighted by molar-refractivity contribution is 0.538. The number of nitrogens with zero attached hydrogens (tertiary/aromatic N) is 4. The SMILES string of the molecule is N#CC(C#N)=C1C(F)=C=C(F)C(=C(C#N)C#N)C(F)=C1F. The van der Waals surface area contributed by atoms with Crippen molar-refractivity contribution in [2.45, 2.75) is 0 Å². The van der Waals surface area contributed by atoms with Gasteiger partial charge in [-0.1, -0.05) is 0 Å². The third-order valence-electron chi connectivity index (χ3n) is 2.24. The average molecular weight is 288 g/mol. The van der Waals surface area contributed by atoms with E-state index in [1.807, 2.05) is 0 Å². The van der Waals surface area contributed by atoms with Crippen molar-refractivity contribution in [3.05, 3.63) is 51.3 Å². The molecule has 100 valence electrons. The van der Waals surface area contributed by atoms with Gasteiger partial charge in [-0.25, -0.2) is 8.78 Å². The van der Waals surface area contributed by atoms with Crippen LogP contribution in [0.3, 0.4) is 0 Å². The molecule has 8 heteroatoms.